The molecular weight excluding hydrogens is 483 g/mol. The number of anilines is 1. The van der Waals surface area contributed by atoms with Crippen LogP contribution in [-0.4, -0.2) is 49.1 Å². The lowest BCUT2D eigenvalue weighted by Crippen LogP contribution is -2.52. The summed E-state index contributed by atoms with van der Waals surface area (Å²) in [6.45, 7) is 5.35. The number of piperazine rings is 1. The molecule has 1 aliphatic heterocycles. The lowest BCUT2D eigenvalue weighted by atomic mass is 10.2. The monoisotopic (exact) mass is 507 g/mol. The third-order valence-corrected chi connectivity index (χ3v) is 5.53. The van der Waals surface area contributed by atoms with Gasteiger partial charge in [0.15, 0.2) is 5.96 Å². The molecule has 0 bridgehead atoms. The second kappa shape index (κ2) is 10.2. The van der Waals surface area contributed by atoms with Gasteiger partial charge in [0.2, 0.25) is 0 Å². The summed E-state index contributed by atoms with van der Waals surface area (Å²) in [6, 6.07) is 3.57. The molecule has 3 rings (SSSR count). The number of thiazole rings is 1. The van der Waals surface area contributed by atoms with Crippen molar-refractivity contribution in [3.05, 3.63) is 45.9 Å². The van der Waals surface area contributed by atoms with Gasteiger partial charge >= 0.3 is 0 Å². The van der Waals surface area contributed by atoms with Crippen LogP contribution >= 0.6 is 35.3 Å². The van der Waals surface area contributed by atoms with E-state index in [1.807, 2.05) is 11.1 Å². The molecule has 2 aromatic rings. The first-order chi connectivity index (χ1) is 12.6. The molecule has 27 heavy (non-hydrogen) atoms. The average Bonchev–Trinajstić information content (AvgIpc) is 3.13. The van der Waals surface area contributed by atoms with Crippen LogP contribution in [-0.2, 0) is 13.0 Å². The molecule has 0 amide bonds. The number of hydrogen-bond donors (Lipinski definition) is 1. The van der Waals surface area contributed by atoms with Gasteiger partial charge in [0.1, 0.15) is 16.6 Å². The highest BCUT2D eigenvalue weighted by atomic mass is 127. The summed E-state index contributed by atoms with van der Waals surface area (Å²) in [7, 11) is 1.75. The summed E-state index contributed by atoms with van der Waals surface area (Å²) in [4.78, 5) is 14.0. The summed E-state index contributed by atoms with van der Waals surface area (Å²) in [5.41, 5.74) is 0.322. The third-order valence-electron chi connectivity index (χ3n) is 4.39. The van der Waals surface area contributed by atoms with Gasteiger partial charge < -0.3 is 15.1 Å². The maximum atomic E-state index is 14.0. The van der Waals surface area contributed by atoms with Crippen LogP contribution in [0.25, 0.3) is 0 Å². The molecule has 5 nitrogen and oxygen atoms in total. The van der Waals surface area contributed by atoms with Gasteiger partial charge in [-0.05, 0) is 18.6 Å². The van der Waals surface area contributed by atoms with Crippen molar-refractivity contribution in [3.8, 4) is 0 Å². The van der Waals surface area contributed by atoms with E-state index in [1.165, 1.54) is 17.0 Å². The number of guanidine groups is 1. The Morgan fingerprint density at radius 1 is 1.26 bits per heavy atom. The summed E-state index contributed by atoms with van der Waals surface area (Å²) in [5.74, 6) is -0.00771. The Morgan fingerprint density at radius 3 is 2.63 bits per heavy atom. The smallest absolute Gasteiger partial charge is 0.194 e. The zero-order chi connectivity index (χ0) is 18.5. The van der Waals surface area contributed by atoms with Crippen molar-refractivity contribution in [2.75, 3.05) is 38.1 Å². The van der Waals surface area contributed by atoms with Gasteiger partial charge in [0.05, 0.1) is 12.2 Å². The van der Waals surface area contributed by atoms with Crippen molar-refractivity contribution in [2.45, 2.75) is 19.9 Å². The van der Waals surface area contributed by atoms with E-state index in [0.717, 1.165) is 23.5 Å². The van der Waals surface area contributed by atoms with Gasteiger partial charge in [-0.15, -0.1) is 35.3 Å². The second-order valence-electron chi connectivity index (χ2n) is 6.04. The molecule has 1 aromatic heterocycles. The minimum Gasteiger partial charge on any atom is -0.366 e. The minimum absolute atomic E-state index is 0. The van der Waals surface area contributed by atoms with E-state index in [4.69, 9.17) is 0 Å². The van der Waals surface area contributed by atoms with E-state index in [-0.39, 0.29) is 24.0 Å². The van der Waals surface area contributed by atoms with Gasteiger partial charge in [-0.2, -0.15) is 0 Å². The number of aryl methyl sites for hydroxylation is 1. The Bertz CT molecular complexity index is 775. The van der Waals surface area contributed by atoms with Crippen LogP contribution in [0.4, 0.5) is 14.5 Å². The predicted molar refractivity (Wildman–Crippen MR) is 117 cm³/mol. The van der Waals surface area contributed by atoms with Crippen LogP contribution < -0.4 is 10.2 Å². The molecule has 1 N–H and O–H groups in total. The molecule has 0 unspecified atom stereocenters. The quantitative estimate of drug-likeness (QED) is 0.391. The fraction of sp³-hybridized carbons (Fsp3) is 0.444. The van der Waals surface area contributed by atoms with Gasteiger partial charge in [0.25, 0.3) is 0 Å². The van der Waals surface area contributed by atoms with Crippen LogP contribution in [0.3, 0.4) is 0 Å². The zero-order valence-electron chi connectivity index (χ0n) is 15.4. The standard InChI is InChI=1S/C18H23F2N5S.HI/c1-3-14-11-22-17(26-14)12-23-18(21-2)25-8-6-24(7-9-25)16-10-13(19)4-5-15(16)20;/h4-5,10-11H,3,6-9,12H2,1-2H3,(H,21,23);1H. The van der Waals surface area contributed by atoms with Crippen molar-refractivity contribution in [1.82, 2.24) is 15.2 Å². The number of rotatable bonds is 4. The molecule has 2 heterocycles. The van der Waals surface area contributed by atoms with Crippen LogP contribution in [0.2, 0.25) is 0 Å². The second-order valence-corrected chi connectivity index (χ2v) is 7.24. The van der Waals surface area contributed by atoms with Gasteiger partial charge in [-0.1, -0.05) is 6.92 Å². The van der Waals surface area contributed by atoms with Crippen LogP contribution in [0.5, 0.6) is 0 Å². The van der Waals surface area contributed by atoms with Gasteiger partial charge in [-0.25, -0.2) is 13.8 Å². The molecule has 1 aromatic carbocycles. The normalized spacial score (nSPS) is 14.9. The first-order valence-electron chi connectivity index (χ1n) is 8.70. The van der Waals surface area contributed by atoms with Crippen LogP contribution in [0.1, 0.15) is 16.8 Å². The lowest BCUT2D eigenvalue weighted by molar-refractivity contribution is 0.370. The number of benzene rings is 1. The van der Waals surface area contributed by atoms with Crippen molar-refractivity contribution in [3.63, 3.8) is 0 Å². The first-order valence-corrected chi connectivity index (χ1v) is 9.51. The lowest BCUT2D eigenvalue weighted by Gasteiger charge is -2.37. The number of aliphatic imine (C=N–C) groups is 1. The number of nitrogens with one attached hydrogen (secondary N) is 1. The average molecular weight is 507 g/mol. The van der Waals surface area contributed by atoms with Crippen molar-refractivity contribution < 1.29 is 8.78 Å². The summed E-state index contributed by atoms with van der Waals surface area (Å²) in [5, 5.41) is 4.37. The van der Waals surface area contributed by atoms with Gasteiger partial charge in [-0.3, -0.25) is 4.99 Å². The highest BCUT2D eigenvalue weighted by molar-refractivity contribution is 14.0. The Kier molecular flexibility index (Phi) is 8.21. The fourth-order valence-electron chi connectivity index (χ4n) is 2.97. The van der Waals surface area contributed by atoms with E-state index >= 15 is 0 Å². The molecule has 0 radical (unpaired) electrons. The topological polar surface area (TPSA) is 43.8 Å². The maximum Gasteiger partial charge on any atom is 0.194 e. The van der Waals surface area contributed by atoms with Crippen molar-refractivity contribution in [1.29, 1.82) is 0 Å². The Hall–Kier alpha value is -1.49. The Balaban J connectivity index is 0.00000261. The highest BCUT2D eigenvalue weighted by Gasteiger charge is 2.22. The van der Waals surface area contributed by atoms with Crippen molar-refractivity contribution >= 4 is 47.0 Å². The molecule has 0 aliphatic carbocycles. The predicted octanol–water partition coefficient (Wildman–Crippen LogP) is 3.50. The van der Waals surface area contributed by atoms with Gasteiger partial charge in [0, 0.05) is 50.4 Å². The zero-order valence-corrected chi connectivity index (χ0v) is 18.6. The van der Waals surface area contributed by atoms with Crippen LogP contribution in [0, 0.1) is 11.6 Å². The molecule has 0 saturated carbocycles. The van der Waals surface area contributed by atoms with Crippen LogP contribution in [0.15, 0.2) is 29.4 Å². The highest BCUT2D eigenvalue weighted by Crippen LogP contribution is 2.22. The number of aromatic nitrogens is 1. The van der Waals surface area contributed by atoms with E-state index < -0.39 is 11.6 Å². The summed E-state index contributed by atoms with van der Waals surface area (Å²) < 4.78 is 27.4. The molecule has 1 saturated heterocycles. The molecular formula is C18H24F2IN5S. The largest absolute Gasteiger partial charge is 0.366 e. The van der Waals surface area contributed by atoms with E-state index in [0.29, 0.717) is 38.4 Å². The molecule has 0 spiro atoms. The molecule has 148 valence electrons. The number of hydrogen-bond acceptors (Lipinski definition) is 4. The van der Waals surface area contributed by atoms with E-state index in [2.05, 4.69) is 27.1 Å². The fourth-order valence-corrected chi connectivity index (χ4v) is 3.77. The molecule has 1 aliphatic rings. The van der Waals surface area contributed by atoms with E-state index in [9.17, 15) is 8.78 Å². The summed E-state index contributed by atoms with van der Waals surface area (Å²) >= 11 is 1.70. The maximum absolute atomic E-state index is 14.0. The SMILES string of the molecule is CCc1cnc(CNC(=NC)N2CCN(c3cc(F)ccc3F)CC2)s1.I. The van der Waals surface area contributed by atoms with Crippen molar-refractivity contribution in [2.24, 2.45) is 4.99 Å². The molecule has 1 fully saturated rings. The Morgan fingerprint density at radius 2 is 2.00 bits per heavy atom. The minimum atomic E-state index is -0.420. The Labute approximate surface area is 179 Å². The first kappa shape index (κ1) is 21.8. The molecule has 9 heteroatoms. The number of halogens is 3. The number of nitrogens with zero attached hydrogens (tertiary/aromatic N) is 4. The third kappa shape index (κ3) is 5.50. The molecule has 0 atom stereocenters. The summed E-state index contributed by atoms with van der Waals surface area (Å²) in [6.07, 6.45) is 2.90. The van der Waals surface area contributed by atoms with E-state index in [1.54, 1.807) is 18.4 Å².